The molecule has 0 aliphatic heterocycles. The van der Waals surface area contributed by atoms with Gasteiger partial charge < -0.3 is 4.52 Å². The Morgan fingerprint density at radius 1 is 1.60 bits per heavy atom. The Balaban J connectivity index is 2.48. The van der Waals surface area contributed by atoms with Crippen LogP contribution in [0, 0.1) is 5.38 Å². The number of hydrogen-bond acceptors (Lipinski definition) is 3. The zero-order chi connectivity index (χ0) is 6.81. The van der Waals surface area contributed by atoms with E-state index >= 15 is 0 Å². The molecule has 0 unspecified atom stereocenters. The molecule has 10 heavy (non-hydrogen) atoms. The number of rotatable bonds is 1. The first-order chi connectivity index (χ1) is 4.97. The molecule has 0 N–H and O–H groups in total. The molecule has 0 saturated heterocycles. The minimum absolute atomic E-state index is 1.02. The van der Waals surface area contributed by atoms with E-state index < -0.39 is 0 Å². The van der Waals surface area contributed by atoms with Crippen LogP contribution in [-0.2, 0) is 0 Å². The van der Waals surface area contributed by atoms with Crippen molar-refractivity contribution in [1.82, 2.24) is 5.16 Å². The average Bonchev–Trinajstić information content (AvgIpc) is 2.59. The van der Waals surface area contributed by atoms with Gasteiger partial charge in [0.15, 0.2) is 0 Å². The van der Waals surface area contributed by atoms with Gasteiger partial charge in [0.25, 0.3) is 0 Å². The molecule has 0 bridgehead atoms. The fourth-order valence-electron chi connectivity index (χ4n) is 0.723. The average molecular weight is 150 g/mol. The van der Waals surface area contributed by atoms with Crippen molar-refractivity contribution in [3.8, 4) is 10.4 Å². The molecule has 0 atom stereocenters. The molecule has 3 heteroatoms. The van der Waals surface area contributed by atoms with Crippen molar-refractivity contribution in [2.45, 2.75) is 0 Å². The van der Waals surface area contributed by atoms with Crippen LogP contribution in [0.25, 0.3) is 10.4 Å². The van der Waals surface area contributed by atoms with Gasteiger partial charge in [-0.05, 0) is 12.1 Å². The summed E-state index contributed by atoms with van der Waals surface area (Å²) in [7, 11) is 0. The maximum atomic E-state index is 4.68. The Morgan fingerprint density at radius 2 is 2.60 bits per heavy atom. The third-order valence-electron chi connectivity index (χ3n) is 1.19. The molecular weight excluding hydrogens is 146 g/mol. The van der Waals surface area contributed by atoms with E-state index in [1.165, 1.54) is 0 Å². The Kier molecular flexibility index (Phi) is 1.29. The summed E-state index contributed by atoms with van der Waals surface area (Å²) in [5, 5.41) is 6.59. The minimum Gasteiger partial charge on any atom is -0.364 e. The lowest BCUT2D eigenvalue weighted by molar-refractivity contribution is 0.420. The molecule has 49 valence electrons. The molecule has 0 fully saturated rings. The first kappa shape index (κ1) is 5.68. The summed E-state index contributed by atoms with van der Waals surface area (Å²) in [6.45, 7) is 0. The molecule has 0 aliphatic carbocycles. The van der Waals surface area contributed by atoms with Crippen LogP contribution in [-0.4, -0.2) is 5.16 Å². The van der Waals surface area contributed by atoms with Crippen LogP contribution in [0.1, 0.15) is 0 Å². The fourth-order valence-corrected chi connectivity index (χ4v) is 1.34. The number of aromatic nitrogens is 1. The normalized spacial score (nSPS) is 10.0. The first-order valence-electron chi connectivity index (χ1n) is 2.82. The van der Waals surface area contributed by atoms with Crippen LogP contribution < -0.4 is 0 Å². The Hall–Kier alpha value is -1.09. The molecule has 0 aliphatic rings. The topological polar surface area (TPSA) is 26.0 Å². The van der Waals surface area contributed by atoms with Gasteiger partial charge in [-0.25, -0.2) is 0 Å². The Morgan fingerprint density at radius 3 is 3.20 bits per heavy atom. The minimum atomic E-state index is 1.02. The monoisotopic (exact) mass is 150 g/mol. The highest BCUT2D eigenvalue weighted by Gasteiger charge is 1.98. The van der Waals surface area contributed by atoms with Crippen molar-refractivity contribution in [2.75, 3.05) is 0 Å². The van der Waals surface area contributed by atoms with Crippen molar-refractivity contribution in [3.63, 3.8) is 0 Å². The molecule has 0 amide bonds. The van der Waals surface area contributed by atoms with E-state index in [1.807, 2.05) is 12.1 Å². The summed E-state index contributed by atoms with van der Waals surface area (Å²) >= 11 is 1.56. The van der Waals surface area contributed by atoms with Crippen LogP contribution >= 0.6 is 11.3 Å². The van der Waals surface area contributed by atoms with Gasteiger partial charge in [0.2, 0.25) is 0 Å². The molecule has 2 rings (SSSR count). The van der Waals surface area contributed by atoms with Crippen molar-refractivity contribution >= 4 is 11.3 Å². The second-order valence-corrected chi connectivity index (χ2v) is 2.71. The van der Waals surface area contributed by atoms with Gasteiger partial charge in [-0.3, -0.25) is 0 Å². The molecule has 2 aromatic rings. The van der Waals surface area contributed by atoms with E-state index in [1.54, 1.807) is 23.8 Å². The van der Waals surface area contributed by atoms with E-state index in [2.05, 4.69) is 15.1 Å². The highest BCUT2D eigenvalue weighted by Crippen LogP contribution is 2.22. The number of thiophene rings is 1. The SMILES string of the molecule is [c]1ccc(-c2cnoc2)s1. The van der Waals surface area contributed by atoms with E-state index in [0.717, 1.165) is 10.4 Å². The van der Waals surface area contributed by atoms with E-state index in [9.17, 15) is 0 Å². The lowest BCUT2D eigenvalue weighted by Crippen LogP contribution is -1.59. The second kappa shape index (κ2) is 2.27. The summed E-state index contributed by atoms with van der Waals surface area (Å²) in [4.78, 5) is 1.14. The summed E-state index contributed by atoms with van der Waals surface area (Å²) in [5.41, 5.74) is 1.02. The highest BCUT2D eigenvalue weighted by atomic mass is 32.1. The highest BCUT2D eigenvalue weighted by molar-refractivity contribution is 7.13. The van der Waals surface area contributed by atoms with E-state index in [-0.39, 0.29) is 0 Å². The van der Waals surface area contributed by atoms with Crippen molar-refractivity contribution in [2.24, 2.45) is 0 Å². The second-order valence-electron chi connectivity index (χ2n) is 1.83. The largest absolute Gasteiger partial charge is 0.364 e. The molecule has 2 heterocycles. The fraction of sp³-hybridized carbons (Fsp3) is 0. The third-order valence-corrected chi connectivity index (χ3v) is 2.03. The lowest BCUT2D eigenvalue weighted by atomic mass is 10.3. The third kappa shape index (κ3) is 0.844. The molecule has 0 spiro atoms. The summed E-state index contributed by atoms with van der Waals surface area (Å²) in [6.07, 6.45) is 3.32. The number of hydrogen-bond donors (Lipinski definition) is 0. The van der Waals surface area contributed by atoms with Gasteiger partial charge in [-0.15, -0.1) is 11.3 Å². The van der Waals surface area contributed by atoms with Gasteiger partial charge in [0, 0.05) is 10.3 Å². The van der Waals surface area contributed by atoms with Crippen LogP contribution in [0.3, 0.4) is 0 Å². The summed E-state index contributed by atoms with van der Waals surface area (Å²) in [6, 6.07) is 3.87. The standard InChI is InChI=1S/C7H4NOS/c1-2-7(10-3-1)6-4-8-9-5-6/h1-2,4-5H. The molecule has 0 saturated carbocycles. The van der Waals surface area contributed by atoms with Crippen LogP contribution in [0.5, 0.6) is 0 Å². The van der Waals surface area contributed by atoms with Gasteiger partial charge in [-0.1, -0.05) is 5.16 Å². The van der Waals surface area contributed by atoms with E-state index in [0.29, 0.717) is 0 Å². The molecule has 0 aromatic carbocycles. The van der Waals surface area contributed by atoms with Gasteiger partial charge >= 0.3 is 0 Å². The number of nitrogens with zero attached hydrogens (tertiary/aromatic N) is 1. The maximum absolute atomic E-state index is 4.68. The quantitative estimate of drug-likeness (QED) is 0.622. The molecule has 2 nitrogen and oxygen atoms in total. The van der Waals surface area contributed by atoms with Crippen LogP contribution in [0.2, 0.25) is 0 Å². The summed E-state index contributed by atoms with van der Waals surface area (Å²) in [5.74, 6) is 0. The Bertz CT molecular complexity index is 253. The van der Waals surface area contributed by atoms with E-state index in [4.69, 9.17) is 0 Å². The van der Waals surface area contributed by atoms with Gasteiger partial charge in [0.05, 0.1) is 11.8 Å². The van der Waals surface area contributed by atoms with Gasteiger partial charge in [0.1, 0.15) is 6.26 Å². The van der Waals surface area contributed by atoms with Crippen molar-refractivity contribution in [1.29, 1.82) is 0 Å². The van der Waals surface area contributed by atoms with Crippen molar-refractivity contribution < 1.29 is 4.52 Å². The smallest absolute Gasteiger partial charge is 0.132 e. The predicted octanol–water partition coefficient (Wildman–Crippen LogP) is 2.20. The first-order valence-corrected chi connectivity index (χ1v) is 3.64. The predicted molar refractivity (Wildman–Crippen MR) is 38.7 cm³/mol. The lowest BCUT2D eigenvalue weighted by Gasteiger charge is -1.81. The van der Waals surface area contributed by atoms with Gasteiger partial charge in [-0.2, -0.15) is 0 Å². The van der Waals surface area contributed by atoms with Crippen LogP contribution in [0.15, 0.2) is 29.1 Å². The van der Waals surface area contributed by atoms with Crippen LogP contribution in [0.4, 0.5) is 0 Å². The molecule has 1 radical (unpaired) electrons. The molecular formula is C7H4NOS. The Labute approximate surface area is 62.1 Å². The zero-order valence-electron chi connectivity index (χ0n) is 5.07. The molecule has 2 aromatic heterocycles. The zero-order valence-corrected chi connectivity index (χ0v) is 5.89. The maximum Gasteiger partial charge on any atom is 0.132 e. The van der Waals surface area contributed by atoms with Crippen molar-refractivity contribution in [3.05, 3.63) is 30.0 Å². The summed E-state index contributed by atoms with van der Waals surface area (Å²) < 4.78 is 4.68.